The van der Waals surface area contributed by atoms with Gasteiger partial charge in [-0.15, -0.1) is 0 Å². The Bertz CT molecular complexity index is 1120. The molecule has 0 bridgehead atoms. The number of carbonyl (C=O) groups excluding carboxylic acids is 1. The predicted molar refractivity (Wildman–Crippen MR) is 112 cm³/mol. The van der Waals surface area contributed by atoms with Crippen molar-refractivity contribution in [2.45, 2.75) is 17.9 Å². The third-order valence-corrected chi connectivity index (χ3v) is 5.59. The number of sulfonamides is 1. The molecule has 3 rings (SSSR count). The third kappa shape index (κ3) is 4.98. The molecule has 0 aliphatic heterocycles. The van der Waals surface area contributed by atoms with Crippen LogP contribution in [0.1, 0.15) is 24.1 Å². The van der Waals surface area contributed by atoms with E-state index < -0.39 is 10.0 Å². The van der Waals surface area contributed by atoms with Crippen LogP contribution >= 0.6 is 0 Å². The summed E-state index contributed by atoms with van der Waals surface area (Å²) in [5.41, 5.74) is 2.55. The summed E-state index contributed by atoms with van der Waals surface area (Å²) in [6, 6.07) is 15.6. The van der Waals surface area contributed by atoms with Crippen LogP contribution in [0.4, 0.5) is 0 Å². The molecule has 0 aliphatic rings. The number of primary sulfonamides is 1. The summed E-state index contributed by atoms with van der Waals surface area (Å²) in [6.07, 6.45) is 6.73. The molecule has 29 heavy (non-hydrogen) atoms. The monoisotopic (exact) mass is 410 g/mol. The highest BCUT2D eigenvalue weighted by Crippen LogP contribution is 2.21. The van der Waals surface area contributed by atoms with E-state index >= 15 is 0 Å². The maximum absolute atomic E-state index is 12.5. The summed E-state index contributed by atoms with van der Waals surface area (Å²) >= 11 is 0. The summed E-state index contributed by atoms with van der Waals surface area (Å²) < 4.78 is 24.5. The summed E-state index contributed by atoms with van der Waals surface area (Å²) in [5.74, 6) is -0.180. The Morgan fingerprint density at radius 3 is 2.41 bits per heavy atom. The molecular weight excluding hydrogens is 388 g/mol. The quantitative estimate of drug-likeness (QED) is 0.632. The Morgan fingerprint density at radius 1 is 1.14 bits per heavy atom. The smallest absolute Gasteiger partial charge is 0.246 e. The molecule has 0 saturated heterocycles. The molecular formula is C21H22N4O3S. The molecule has 2 aromatic carbocycles. The molecule has 3 aromatic rings. The van der Waals surface area contributed by atoms with Gasteiger partial charge in [-0.3, -0.25) is 4.79 Å². The number of rotatable bonds is 6. The van der Waals surface area contributed by atoms with E-state index in [1.165, 1.54) is 18.2 Å². The van der Waals surface area contributed by atoms with Crippen LogP contribution in [0.2, 0.25) is 0 Å². The van der Waals surface area contributed by atoms with Crippen molar-refractivity contribution in [1.29, 1.82) is 0 Å². The number of benzene rings is 2. The number of hydrogen-bond donors (Lipinski definition) is 1. The summed E-state index contributed by atoms with van der Waals surface area (Å²) in [6.45, 7) is 1.87. The number of hydrogen-bond acceptors (Lipinski definition) is 4. The topological polar surface area (TPSA) is 98.3 Å². The molecule has 1 aromatic heterocycles. The number of amides is 1. The number of para-hydroxylation sites is 1. The fraction of sp³-hybridized carbons (Fsp3) is 0.143. The van der Waals surface area contributed by atoms with E-state index in [0.717, 1.165) is 16.8 Å². The van der Waals surface area contributed by atoms with E-state index in [1.807, 2.05) is 43.5 Å². The zero-order valence-electron chi connectivity index (χ0n) is 16.1. The van der Waals surface area contributed by atoms with Crippen LogP contribution in [0.3, 0.4) is 0 Å². The lowest BCUT2D eigenvalue weighted by molar-refractivity contribution is -0.126. The Balaban J connectivity index is 1.68. The van der Waals surface area contributed by atoms with Crippen molar-refractivity contribution in [3.63, 3.8) is 0 Å². The highest BCUT2D eigenvalue weighted by Gasteiger charge is 2.16. The molecule has 1 atom stereocenters. The van der Waals surface area contributed by atoms with Crippen molar-refractivity contribution < 1.29 is 13.2 Å². The molecule has 1 amide bonds. The van der Waals surface area contributed by atoms with Crippen LogP contribution < -0.4 is 5.14 Å². The first-order valence-corrected chi connectivity index (χ1v) is 10.5. The molecule has 0 unspecified atom stereocenters. The van der Waals surface area contributed by atoms with Gasteiger partial charge < -0.3 is 4.90 Å². The van der Waals surface area contributed by atoms with Crippen molar-refractivity contribution >= 4 is 22.0 Å². The van der Waals surface area contributed by atoms with Gasteiger partial charge in [0, 0.05) is 24.9 Å². The van der Waals surface area contributed by atoms with Gasteiger partial charge in [-0.05, 0) is 42.8 Å². The average molecular weight is 410 g/mol. The number of aromatic nitrogens is 2. The molecule has 0 spiro atoms. The van der Waals surface area contributed by atoms with Crippen molar-refractivity contribution in [3.05, 3.63) is 84.2 Å². The molecule has 0 aliphatic carbocycles. The van der Waals surface area contributed by atoms with Gasteiger partial charge in [0.2, 0.25) is 15.9 Å². The number of likely N-dealkylation sites (N-methyl/N-ethyl adjacent to an activating group) is 1. The summed E-state index contributed by atoms with van der Waals surface area (Å²) in [7, 11) is -2.05. The van der Waals surface area contributed by atoms with E-state index in [1.54, 1.807) is 41.0 Å². The van der Waals surface area contributed by atoms with Gasteiger partial charge in [0.05, 0.1) is 22.8 Å². The van der Waals surface area contributed by atoms with Crippen LogP contribution in [0.25, 0.3) is 11.8 Å². The normalized spacial score (nSPS) is 12.8. The van der Waals surface area contributed by atoms with Gasteiger partial charge in [0.15, 0.2) is 0 Å². The molecule has 2 N–H and O–H groups in total. The zero-order valence-corrected chi connectivity index (χ0v) is 17.0. The van der Waals surface area contributed by atoms with E-state index in [-0.39, 0.29) is 16.8 Å². The first-order chi connectivity index (χ1) is 13.8. The van der Waals surface area contributed by atoms with Gasteiger partial charge in [0.25, 0.3) is 0 Å². The molecule has 1 heterocycles. The molecule has 7 nitrogen and oxygen atoms in total. The van der Waals surface area contributed by atoms with E-state index in [0.29, 0.717) is 0 Å². The van der Waals surface area contributed by atoms with Gasteiger partial charge in [-0.2, -0.15) is 5.10 Å². The van der Waals surface area contributed by atoms with E-state index in [9.17, 15) is 13.2 Å². The van der Waals surface area contributed by atoms with Gasteiger partial charge in [-0.25, -0.2) is 18.2 Å². The highest BCUT2D eigenvalue weighted by molar-refractivity contribution is 7.89. The average Bonchev–Trinajstić information content (AvgIpc) is 3.20. The van der Waals surface area contributed by atoms with Crippen LogP contribution in [-0.4, -0.2) is 36.1 Å². The Kier molecular flexibility index (Phi) is 5.95. The SMILES string of the molecule is C[C@@H](c1ccc(S(N)(=O)=O)cc1)N(C)C(=O)/C=C/c1cnn(-c2ccccc2)c1. The first-order valence-electron chi connectivity index (χ1n) is 8.93. The summed E-state index contributed by atoms with van der Waals surface area (Å²) in [5, 5.41) is 9.42. The zero-order chi connectivity index (χ0) is 21.0. The Labute approximate surface area is 170 Å². The van der Waals surface area contributed by atoms with Gasteiger partial charge in [0.1, 0.15) is 0 Å². The number of nitrogens with two attached hydrogens (primary N) is 1. The van der Waals surface area contributed by atoms with Crippen molar-refractivity contribution in [3.8, 4) is 5.69 Å². The van der Waals surface area contributed by atoms with E-state index in [4.69, 9.17) is 5.14 Å². The van der Waals surface area contributed by atoms with Gasteiger partial charge in [-0.1, -0.05) is 30.3 Å². The molecule has 8 heteroatoms. The van der Waals surface area contributed by atoms with Crippen molar-refractivity contribution in [2.75, 3.05) is 7.05 Å². The fourth-order valence-electron chi connectivity index (χ4n) is 2.78. The minimum absolute atomic E-state index is 0.0396. The fourth-order valence-corrected chi connectivity index (χ4v) is 3.30. The lowest BCUT2D eigenvalue weighted by Crippen LogP contribution is -2.28. The van der Waals surface area contributed by atoms with Crippen molar-refractivity contribution in [1.82, 2.24) is 14.7 Å². The maximum Gasteiger partial charge on any atom is 0.246 e. The lowest BCUT2D eigenvalue weighted by Gasteiger charge is -2.24. The molecule has 0 fully saturated rings. The number of nitrogens with zero attached hydrogens (tertiary/aromatic N) is 3. The maximum atomic E-state index is 12.5. The number of carbonyl (C=O) groups is 1. The van der Waals surface area contributed by atoms with Crippen LogP contribution in [0.5, 0.6) is 0 Å². The van der Waals surface area contributed by atoms with Crippen molar-refractivity contribution in [2.24, 2.45) is 5.14 Å². The lowest BCUT2D eigenvalue weighted by atomic mass is 10.1. The molecule has 150 valence electrons. The largest absolute Gasteiger partial charge is 0.335 e. The highest BCUT2D eigenvalue weighted by atomic mass is 32.2. The Morgan fingerprint density at radius 2 is 1.79 bits per heavy atom. The van der Waals surface area contributed by atoms with Gasteiger partial charge >= 0.3 is 0 Å². The molecule has 0 saturated carbocycles. The second-order valence-electron chi connectivity index (χ2n) is 6.63. The van der Waals surface area contributed by atoms with Crippen LogP contribution in [0, 0.1) is 0 Å². The van der Waals surface area contributed by atoms with E-state index in [2.05, 4.69) is 5.10 Å². The Hall–Kier alpha value is -3.23. The molecule has 0 radical (unpaired) electrons. The standard InChI is InChI=1S/C21H22N4O3S/c1-16(18-9-11-20(12-10-18)29(22,27)28)24(2)21(26)13-8-17-14-23-25(15-17)19-6-4-3-5-7-19/h3-16H,1-2H3,(H2,22,27,28)/b13-8+/t16-/m0/s1. The first kappa shape index (κ1) is 20.5. The second-order valence-corrected chi connectivity index (χ2v) is 8.19. The predicted octanol–water partition coefficient (Wildman–Crippen LogP) is 2.75. The second kappa shape index (κ2) is 8.42. The minimum atomic E-state index is -3.74. The van der Waals surface area contributed by atoms with Crippen LogP contribution in [0.15, 0.2) is 78.0 Å². The minimum Gasteiger partial charge on any atom is -0.335 e. The van der Waals surface area contributed by atoms with Crippen LogP contribution in [-0.2, 0) is 14.8 Å². The third-order valence-electron chi connectivity index (χ3n) is 4.66. The summed E-state index contributed by atoms with van der Waals surface area (Å²) in [4.78, 5) is 14.1.